The quantitative estimate of drug-likeness (QED) is 0.820. The van der Waals surface area contributed by atoms with Gasteiger partial charge in [0, 0.05) is 50.6 Å². The first kappa shape index (κ1) is 17.6. The van der Waals surface area contributed by atoms with Crippen LogP contribution >= 0.6 is 0 Å². The average molecular weight is 357 g/mol. The summed E-state index contributed by atoms with van der Waals surface area (Å²) in [6.07, 6.45) is 5.94. The highest BCUT2D eigenvalue weighted by atomic mass is 16.5. The van der Waals surface area contributed by atoms with E-state index in [2.05, 4.69) is 28.0 Å². The zero-order chi connectivity index (χ0) is 18.1. The van der Waals surface area contributed by atoms with Crippen molar-refractivity contribution in [1.82, 2.24) is 15.0 Å². The zero-order valence-electron chi connectivity index (χ0n) is 15.8. The highest BCUT2D eigenvalue weighted by molar-refractivity contribution is 5.21. The van der Waals surface area contributed by atoms with Gasteiger partial charge in [0.2, 0.25) is 0 Å². The molecule has 0 amide bonds. The zero-order valence-corrected chi connectivity index (χ0v) is 15.8. The molecule has 2 aromatic rings. The van der Waals surface area contributed by atoms with E-state index >= 15 is 0 Å². The molecule has 2 fully saturated rings. The summed E-state index contributed by atoms with van der Waals surface area (Å²) in [6, 6.07) is 2.14. The van der Waals surface area contributed by atoms with E-state index in [-0.39, 0.29) is 11.7 Å². The predicted molar refractivity (Wildman–Crippen MR) is 96.7 cm³/mol. The van der Waals surface area contributed by atoms with Crippen molar-refractivity contribution in [2.75, 3.05) is 19.7 Å². The minimum atomic E-state index is -0.0489. The van der Waals surface area contributed by atoms with Crippen molar-refractivity contribution >= 4 is 0 Å². The molecule has 0 saturated carbocycles. The Kier molecular flexibility index (Phi) is 4.82. The van der Waals surface area contributed by atoms with Crippen LogP contribution in [0.1, 0.15) is 41.0 Å². The molecule has 0 bridgehead atoms. The lowest BCUT2D eigenvalue weighted by Gasteiger charge is -2.53. The van der Waals surface area contributed by atoms with Gasteiger partial charge in [-0.15, -0.1) is 0 Å². The molecule has 6 nitrogen and oxygen atoms in total. The number of pyridine rings is 1. The molecule has 2 aliphatic rings. The van der Waals surface area contributed by atoms with Crippen LogP contribution in [-0.4, -0.2) is 46.4 Å². The third kappa shape index (κ3) is 3.68. The summed E-state index contributed by atoms with van der Waals surface area (Å²) in [5, 5.41) is 4.04. The number of ether oxygens (including phenoxy) is 2. The lowest BCUT2D eigenvalue weighted by atomic mass is 9.84. The minimum Gasteiger partial charge on any atom is -0.373 e. The van der Waals surface area contributed by atoms with Crippen molar-refractivity contribution in [2.24, 2.45) is 0 Å². The highest BCUT2D eigenvalue weighted by Gasteiger charge is 2.47. The van der Waals surface area contributed by atoms with Gasteiger partial charge in [0.1, 0.15) is 5.76 Å². The third-order valence-electron chi connectivity index (χ3n) is 5.45. The second-order valence-electron chi connectivity index (χ2n) is 7.78. The average Bonchev–Trinajstić information content (AvgIpc) is 2.91. The Hall–Kier alpha value is -1.76. The van der Waals surface area contributed by atoms with E-state index in [1.165, 1.54) is 11.1 Å². The van der Waals surface area contributed by atoms with Crippen LogP contribution in [0.15, 0.2) is 23.0 Å². The smallest absolute Gasteiger partial charge is 0.138 e. The Morgan fingerprint density at radius 2 is 2.12 bits per heavy atom. The minimum absolute atomic E-state index is 0.0489. The largest absolute Gasteiger partial charge is 0.373 e. The van der Waals surface area contributed by atoms with E-state index in [0.717, 1.165) is 56.1 Å². The Labute approximate surface area is 154 Å². The van der Waals surface area contributed by atoms with Crippen molar-refractivity contribution in [3.8, 4) is 0 Å². The van der Waals surface area contributed by atoms with E-state index < -0.39 is 0 Å². The standard InChI is InChI=1S/C20H27N3O3/c1-14-6-17(9-21-8-14)11-24-18-4-5-25-20(7-18)12-23(13-20)10-19-15(2)22-26-16(19)3/h6,8-9,18H,4-5,7,10-13H2,1-3H3/t18-/m1/s1. The van der Waals surface area contributed by atoms with Gasteiger partial charge < -0.3 is 14.0 Å². The molecule has 0 N–H and O–H groups in total. The van der Waals surface area contributed by atoms with E-state index in [9.17, 15) is 0 Å². The summed E-state index contributed by atoms with van der Waals surface area (Å²) in [7, 11) is 0. The van der Waals surface area contributed by atoms with Gasteiger partial charge in [-0.1, -0.05) is 11.2 Å². The number of aromatic nitrogens is 2. The topological polar surface area (TPSA) is 60.6 Å². The van der Waals surface area contributed by atoms with Gasteiger partial charge in [-0.2, -0.15) is 0 Å². The Bertz CT molecular complexity index is 748. The van der Waals surface area contributed by atoms with Crippen molar-refractivity contribution < 1.29 is 14.0 Å². The Morgan fingerprint density at radius 3 is 2.85 bits per heavy atom. The highest BCUT2D eigenvalue weighted by Crippen LogP contribution is 2.36. The van der Waals surface area contributed by atoms with Crippen LogP contribution in [0.25, 0.3) is 0 Å². The second kappa shape index (κ2) is 7.10. The maximum Gasteiger partial charge on any atom is 0.138 e. The summed E-state index contributed by atoms with van der Waals surface area (Å²) >= 11 is 0. The summed E-state index contributed by atoms with van der Waals surface area (Å²) in [4.78, 5) is 6.64. The molecular weight excluding hydrogens is 330 g/mol. The fraction of sp³-hybridized carbons (Fsp3) is 0.600. The Balaban J connectivity index is 1.29. The summed E-state index contributed by atoms with van der Waals surface area (Å²) in [6.45, 7) is 10.2. The molecule has 26 heavy (non-hydrogen) atoms. The van der Waals surface area contributed by atoms with Crippen LogP contribution < -0.4 is 0 Å². The van der Waals surface area contributed by atoms with E-state index in [0.29, 0.717) is 6.61 Å². The molecule has 0 radical (unpaired) electrons. The van der Waals surface area contributed by atoms with Gasteiger partial charge in [0.05, 0.1) is 24.0 Å². The first-order valence-electron chi connectivity index (χ1n) is 9.33. The van der Waals surface area contributed by atoms with Gasteiger partial charge in [0.15, 0.2) is 0 Å². The van der Waals surface area contributed by atoms with Crippen molar-refractivity contribution in [3.63, 3.8) is 0 Å². The number of likely N-dealkylation sites (tertiary alicyclic amines) is 1. The van der Waals surface area contributed by atoms with Crippen LogP contribution in [0.2, 0.25) is 0 Å². The van der Waals surface area contributed by atoms with Gasteiger partial charge in [-0.05, 0) is 38.3 Å². The maximum atomic E-state index is 6.17. The fourth-order valence-corrected chi connectivity index (χ4v) is 4.09. The molecule has 1 atom stereocenters. The van der Waals surface area contributed by atoms with E-state index in [1.807, 2.05) is 26.2 Å². The van der Waals surface area contributed by atoms with Gasteiger partial charge >= 0.3 is 0 Å². The van der Waals surface area contributed by atoms with Crippen LogP contribution in [0.5, 0.6) is 0 Å². The molecule has 6 heteroatoms. The molecule has 0 aromatic carbocycles. The van der Waals surface area contributed by atoms with Crippen molar-refractivity contribution in [1.29, 1.82) is 0 Å². The van der Waals surface area contributed by atoms with Crippen LogP contribution in [0, 0.1) is 20.8 Å². The molecule has 2 aromatic heterocycles. The lowest BCUT2D eigenvalue weighted by molar-refractivity contribution is -0.200. The molecule has 0 unspecified atom stereocenters. The van der Waals surface area contributed by atoms with Gasteiger partial charge in [-0.25, -0.2) is 0 Å². The molecule has 4 rings (SSSR count). The SMILES string of the molecule is Cc1cncc(CO[C@@H]2CCOC3(C2)CN(Cc2c(C)noc2C)C3)c1. The van der Waals surface area contributed by atoms with Gasteiger partial charge in [-0.3, -0.25) is 9.88 Å². The molecule has 4 heterocycles. The fourth-order valence-electron chi connectivity index (χ4n) is 4.09. The van der Waals surface area contributed by atoms with Crippen LogP contribution in [0.3, 0.4) is 0 Å². The molecular formula is C20H27N3O3. The first-order valence-corrected chi connectivity index (χ1v) is 9.33. The number of hydrogen-bond donors (Lipinski definition) is 0. The third-order valence-corrected chi connectivity index (χ3v) is 5.45. The van der Waals surface area contributed by atoms with Gasteiger partial charge in [0.25, 0.3) is 0 Å². The monoisotopic (exact) mass is 357 g/mol. The van der Waals surface area contributed by atoms with E-state index in [1.54, 1.807) is 0 Å². The summed E-state index contributed by atoms with van der Waals surface area (Å²) in [5.74, 6) is 0.918. The summed E-state index contributed by atoms with van der Waals surface area (Å²) in [5.41, 5.74) is 4.45. The second-order valence-corrected chi connectivity index (χ2v) is 7.78. The summed E-state index contributed by atoms with van der Waals surface area (Å²) < 4.78 is 17.6. The van der Waals surface area contributed by atoms with Crippen molar-refractivity contribution in [2.45, 2.75) is 58.5 Å². The number of hydrogen-bond acceptors (Lipinski definition) is 6. The molecule has 0 aliphatic carbocycles. The van der Waals surface area contributed by atoms with Crippen molar-refractivity contribution in [3.05, 3.63) is 46.6 Å². The van der Waals surface area contributed by atoms with Crippen LogP contribution in [-0.2, 0) is 22.6 Å². The molecule has 140 valence electrons. The lowest BCUT2D eigenvalue weighted by Crippen LogP contribution is -2.65. The van der Waals surface area contributed by atoms with Crippen LogP contribution in [0.4, 0.5) is 0 Å². The normalized spacial score (nSPS) is 22.5. The first-order chi connectivity index (χ1) is 12.5. The molecule has 2 aliphatic heterocycles. The maximum absolute atomic E-state index is 6.17. The van der Waals surface area contributed by atoms with E-state index in [4.69, 9.17) is 14.0 Å². The molecule has 1 spiro atoms. The molecule has 2 saturated heterocycles. The number of rotatable bonds is 5. The Morgan fingerprint density at radius 1 is 1.27 bits per heavy atom. The number of nitrogens with zero attached hydrogens (tertiary/aromatic N) is 3. The number of aryl methyl sites for hydroxylation is 3. The predicted octanol–water partition coefficient (Wildman–Crippen LogP) is 2.95.